The van der Waals surface area contributed by atoms with Crippen LogP contribution < -0.4 is 11.3 Å². The summed E-state index contributed by atoms with van der Waals surface area (Å²) in [6, 6.07) is 6.97. The zero-order chi connectivity index (χ0) is 12.6. The number of nitrogens with zero attached hydrogens (tertiary/aromatic N) is 1. The van der Waals surface area contributed by atoms with Crippen LogP contribution in [0.4, 0.5) is 0 Å². The summed E-state index contributed by atoms with van der Waals surface area (Å²) in [5.41, 5.74) is 6.51. The zero-order valence-electron chi connectivity index (χ0n) is 10.3. The van der Waals surface area contributed by atoms with Crippen molar-refractivity contribution in [1.82, 2.24) is 9.97 Å². The van der Waals surface area contributed by atoms with Crippen LogP contribution in [0.2, 0.25) is 0 Å². The number of benzene rings is 1. The average Bonchev–Trinajstić information content (AvgIpc) is 2.27. The van der Waals surface area contributed by atoms with Gasteiger partial charge in [-0.15, -0.1) is 0 Å². The van der Waals surface area contributed by atoms with Crippen LogP contribution in [0.25, 0.3) is 10.9 Å². The minimum absolute atomic E-state index is 0.134. The first-order chi connectivity index (χ1) is 7.89. The van der Waals surface area contributed by atoms with Gasteiger partial charge in [0.05, 0.1) is 16.9 Å². The lowest BCUT2D eigenvalue weighted by molar-refractivity contribution is 0.315. The molecule has 0 aliphatic heterocycles. The van der Waals surface area contributed by atoms with Gasteiger partial charge in [0.1, 0.15) is 5.82 Å². The van der Waals surface area contributed by atoms with Crippen molar-refractivity contribution in [3.63, 3.8) is 0 Å². The van der Waals surface area contributed by atoms with E-state index < -0.39 is 0 Å². The number of para-hydroxylation sites is 1. The van der Waals surface area contributed by atoms with Crippen molar-refractivity contribution in [2.45, 2.75) is 26.8 Å². The predicted octanol–water partition coefficient (Wildman–Crippen LogP) is 1.97. The summed E-state index contributed by atoms with van der Waals surface area (Å²) in [4.78, 5) is 19.1. The van der Waals surface area contributed by atoms with Gasteiger partial charge in [0.15, 0.2) is 0 Å². The normalized spacial score (nSPS) is 13.9. The van der Waals surface area contributed by atoms with E-state index in [1.54, 1.807) is 6.07 Å². The quantitative estimate of drug-likeness (QED) is 0.788. The first kappa shape index (κ1) is 11.8. The van der Waals surface area contributed by atoms with E-state index in [1.165, 1.54) is 0 Å². The second kappa shape index (κ2) is 3.96. The van der Waals surface area contributed by atoms with Crippen molar-refractivity contribution >= 4 is 10.9 Å². The smallest absolute Gasteiger partial charge is 0.258 e. The molecule has 0 aliphatic rings. The van der Waals surface area contributed by atoms with Gasteiger partial charge in [0.2, 0.25) is 0 Å². The fraction of sp³-hybridized carbons (Fsp3) is 0.385. The fourth-order valence-corrected chi connectivity index (χ4v) is 1.66. The Morgan fingerprint density at radius 1 is 1.29 bits per heavy atom. The van der Waals surface area contributed by atoms with Crippen LogP contribution in [-0.2, 0) is 0 Å². The topological polar surface area (TPSA) is 71.8 Å². The van der Waals surface area contributed by atoms with Gasteiger partial charge in [-0.3, -0.25) is 4.79 Å². The van der Waals surface area contributed by atoms with E-state index in [9.17, 15) is 4.79 Å². The molecular weight excluding hydrogens is 214 g/mol. The summed E-state index contributed by atoms with van der Waals surface area (Å²) >= 11 is 0. The van der Waals surface area contributed by atoms with E-state index in [4.69, 9.17) is 5.73 Å². The molecule has 1 unspecified atom stereocenters. The predicted molar refractivity (Wildman–Crippen MR) is 68.7 cm³/mol. The second-order valence-electron chi connectivity index (χ2n) is 5.31. The molecule has 0 spiro atoms. The maximum absolute atomic E-state index is 11.9. The molecule has 4 nitrogen and oxygen atoms in total. The summed E-state index contributed by atoms with van der Waals surface area (Å²) in [6.07, 6.45) is 0. The number of hydrogen-bond donors (Lipinski definition) is 2. The molecule has 1 aromatic heterocycles. The van der Waals surface area contributed by atoms with Crippen molar-refractivity contribution in [3.8, 4) is 0 Å². The lowest BCUT2D eigenvalue weighted by Crippen LogP contribution is -2.30. The zero-order valence-corrected chi connectivity index (χ0v) is 10.3. The Kier molecular flexibility index (Phi) is 2.75. The molecule has 0 radical (unpaired) electrons. The Hall–Kier alpha value is -1.68. The minimum Gasteiger partial charge on any atom is -0.321 e. The molecule has 17 heavy (non-hydrogen) atoms. The van der Waals surface area contributed by atoms with E-state index in [-0.39, 0.29) is 17.0 Å². The molecule has 0 saturated carbocycles. The Balaban J connectivity index is 2.62. The average molecular weight is 231 g/mol. The van der Waals surface area contributed by atoms with Crippen LogP contribution in [0.1, 0.15) is 32.6 Å². The van der Waals surface area contributed by atoms with E-state index in [0.717, 1.165) is 0 Å². The molecule has 0 aliphatic carbocycles. The number of aromatic amines is 1. The number of nitrogens with two attached hydrogens (primary N) is 1. The molecule has 0 bridgehead atoms. The summed E-state index contributed by atoms with van der Waals surface area (Å²) in [7, 11) is 0. The van der Waals surface area contributed by atoms with Gasteiger partial charge in [0.25, 0.3) is 5.56 Å². The Bertz CT molecular complexity index is 595. The van der Waals surface area contributed by atoms with E-state index >= 15 is 0 Å². The van der Waals surface area contributed by atoms with Crippen LogP contribution in [0.3, 0.4) is 0 Å². The second-order valence-corrected chi connectivity index (χ2v) is 5.31. The molecule has 0 saturated heterocycles. The van der Waals surface area contributed by atoms with Crippen LogP contribution in [0, 0.1) is 5.41 Å². The van der Waals surface area contributed by atoms with Gasteiger partial charge in [0, 0.05) is 0 Å². The van der Waals surface area contributed by atoms with Crippen molar-refractivity contribution in [2.24, 2.45) is 11.1 Å². The SMILES string of the molecule is CC(C)(C)C(N)c1nc2ccccc2c(=O)[nH]1. The van der Waals surface area contributed by atoms with Crippen molar-refractivity contribution in [3.05, 3.63) is 40.4 Å². The summed E-state index contributed by atoms with van der Waals surface area (Å²) in [6.45, 7) is 6.06. The van der Waals surface area contributed by atoms with Gasteiger partial charge in [-0.1, -0.05) is 32.9 Å². The Labute approximate surface area is 99.9 Å². The van der Waals surface area contributed by atoms with Crippen molar-refractivity contribution in [2.75, 3.05) is 0 Å². The van der Waals surface area contributed by atoms with E-state index in [0.29, 0.717) is 16.7 Å². The highest BCUT2D eigenvalue weighted by Gasteiger charge is 2.24. The minimum atomic E-state index is -0.292. The third-order valence-corrected chi connectivity index (χ3v) is 2.86. The Morgan fingerprint density at radius 3 is 2.59 bits per heavy atom. The molecule has 3 N–H and O–H groups in total. The largest absolute Gasteiger partial charge is 0.321 e. The number of nitrogens with one attached hydrogen (secondary N) is 1. The number of aromatic nitrogens is 2. The lowest BCUT2D eigenvalue weighted by atomic mass is 9.87. The first-order valence-corrected chi connectivity index (χ1v) is 5.64. The third kappa shape index (κ3) is 2.22. The third-order valence-electron chi connectivity index (χ3n) is 2.86. The highest BCUT2D eigenvalue weighted by Crippen LogP contribution is 2.28. The lowest BCUT2D eigenvalue weighted by Gasteiger charge is -2.26. The van der Waals surface area contributed by atoms with Gasteiger partial charge < -0.3 is 10.7 Å². The van der Waals surface area contributed by atoms with Crippen molar-refractivity contribution < 1.29 is 0 Å². The number of fused-ring (bicyclic) bond motifs is 1. The first-order valence-electron chi connectivity index (χ1n) is 5.64. The summed E-state index contributed by atoms with van der Waals surface area (Å²) < 4.78 is 0. The highest BCUT2D eigenvalue weighted by molar-refractivity contribution is 5.77. The highest BCUT2D eigenvalue weighted by atomic mass is 16.1. The van der Waals surface area contributed by atoms with E-state index in [1.807, 2.05) is 39.0 Å². The molecule has 2 rings (SSSR count). The van der Waals surface area contributed by atoms with Crippen LogP contribution >= 0.6 is 0 Å². The Morgan fingerprint density at radius 2 is 1.94 bits per heavy atom. The molecule has 0 fully saturated rings. The fourth-order valence-electron chi connectivity index (χ4n) is 1.66. The monoisotopic (exact) mass is 231 g/mol. The van der Waals surface area contributed by atoms with Gasteiger partial charge in [-0.25, -0.2) is 4.98 Å². The van der Waals surface area contributed by atoms with Crippen LogP contribution in [-0.4, -0.2) is 9.97 Å². The standard InChI is InChI=1S/C13H17N3O/c1-13(2,3)10(14)11-15-9-7-5-4-6-8(9)12(17)16-11/h4-7,10H,14H2,1-3H3,(H,15,16,17). The van der Waals surface area contributed by atoms with Gasteiger partial charge in [-0.05, 0) is 17.5 Å². The molecular formula is C13H17N3O. The number of hydrogen-bond acceptors (Lipinski definition) is 3. The number of H-pyrrole nitrogens is 1. The molecule has 0 amide bonds. The maximum atomic E-state index is 11.9. The van der Waals surface area contributed by atoms with Gasteiger partial charge >= 0.3 is 0 Å². The molecule has 1 heterocycles. The molecule has 1 atom stereocenters. The number of rotatable bonds is 1. The molecule has 1 aromatic carbocycles. The molecule has 90 valence electrons. The maximum Gasteiger partial charge on any atom is 0.258 e. The van der Waals surface area contributed by atoms with Crippen LogP contribution in [0.15, 0.2) is 29.1 Å². The van der Waals surface area contributed by atoms with Gasteiger partial charge in [-0.2, -0.15) is 0 Å². The van der Waals surface area contributed by atoms with Crippen molar-refractivity contribution in [1.29, 1.82) is 0 Å². The molecule has 4 heteroatoms. The summed E-state index contributed by atoms with van der Waals surface area (Å²) in [5.74, 6) is 0.543. The summed E-state index contributed by atoms with van der Waals surface area (Å²) in [5, 5.41) is 0.595. The van der Waals surface area contributed by atoms with Crippen LogP contribution in [0.5, 0.6) is 0 Å². The van der Waals surface area contributed by atoms with E-state index in [2.05, 4.69) is 9.97 Å². The molecule has 2 aromatic rings.